The van der Waals surface area contributed by atoms with Crippen LogP contribution in [0.25, 0.3) is 5.69 Å². The quantitative estimate of drug-likeness (QED) is 0.344. The smallest absolute Gasteiger partial charge is 0.273 e. The van der Waals surface area contributed by atoms with E-state index in [-0.39, 0.29) is 24.0 Å². The van der Waals surface area contributed by atoms with Gasteiger partial charge in [-0.05, 0) is 55.7 Å². The lowest BCUT2D eigenvalue weighted by Gasteiger charge is -2.12. The van der Waals surface area contributed by atoms with E-state index in [1.54, 1.807) is 30.3 Å². The lowest BCUT2D eigenvalue weighted by Crippen LogP contribution is -2.23. The number of nitrogens with zero attached hydrogens (tertiary/aromatic N) is 3. The Morgan fingerprint density at radius 2 is 2.03 bits per heavy atom. The molecule has 172 valence electrons. The maximum Gasteiger partial charge on any atom is 0.273 e. The molecule has 9 heteroatoms. The fraction of sp³-hybridized carbons (Fsp3) is 0.250. The molecule has 3 rings (SSSR count). The Balaban J connectivity index is 1.77. The molecule has 2 amide bonds. The summed E-state index contributed by atoms with van der Waals surface area (Å²) in [5.74, 6) is -0.585. The second kappa shape index (κ2) is 11.6. The zero-order chi connectivity index (χ0) is 23.6. The second-order valence-electron chi connectivity index (χ2n) is 7.18. The fourth-order valence-corrected chi connectivity index (χ4v) is 3.04. The lowest BCUT2D eigenvalue weighted by atomic mass is 10.1. The van der Waals surface area contributed by atoms with Crippen molar-refractivity contribution >= 4 is 11.8 Å². The number of unbranched alkanes of at least 4 members (excludes halogenated alkanes) is 1. The molecule has 0 aliphatic rings. The molecule has 1 aromatic heterocycles. The Morgan fingerprint density at radius 1 is 1.18 bits per heavy atom. The zero-order valence-electron chi connectivity index (χ0n) is 18.4. The Bertz CT molecular complexity index is 1130. The highest BCUT2D eigenvalue weighted by Gasteiger charge is 2.16. The molecule has 0 unspecified atom stereocenters. The van der Waals surface area contributed by atoms with Gasteiger partial charge in [0, 0.05) is 18.7 Å². The van der Waals surface area contributed by atoms with E-state index in [0.717, 1.165) is 12.8 Å². The Labute approximate surface area is 191 Å². The first-order valence-corrected chi connectivity index (χ1v) is 10.6. The van der Waals surface area contributed by atoms with E-state index < -0.39 is 5.91 Å². The first kappa shape index (κ1) is 23.6. The largest absolute Gasteiger partial charge is 0.491 e. The molecule has 0 saturated carbocycles. The Morgan fingerprint density at radius 3 is 2.79 bits per heavy atom. The molecule has 33 heavy (non-hydrogen) atoms. The Hall–Kier alpha value is -4.01. The van der Waals surface area contributed by atoms with Crippen molar-refractivity contribution < 1.29 is 18.7 Å². The average Bonchev–Trinajstić information content (AvgIpc) is 3.30. The first-order valence-electron chi connectivity index (χ1n) is 10.6. The highest BCUT2D eigenvalue weighted by Crippen LogP contribution is 2.25. The van der Waals surface area contributed by atoms with Gasteiger partial charge in [-0.3, -0.25) is 9.59 Å². The van der Waals surface area contributed by atoms with Crippen molar-refractivity contribution in [2.75, 3.05) is 13.2 Å². The van der Waals surface area contributed by atoms with Crippen molar-refractivity contribution in [3.05, 3.63) is 84.0 Å². The molecule has 0 aliphatic carbocycles. The number of carbonyl (C=O) groups excluding carboxylic acids is 2. The predicted octanol–water partition coefficient (Wildman–Crippen LogP) is 3.43. The second-order valence-corrected chi connectivity index (χ2v) is 7.18. The summed E-state index contributed by atoms with van der Waals surface area (Å²) in [5, 5.41) is 13.4. The maximum absolute atomic E-state index is 13.3. The van der Waals surface area contributed by atoms with Crippen LogP contribution < -0.4 is 15.4 Å². The van der Waals surface area contributed by atoms with E-state index in [0.29, 0.717) is 35.7 Å². The van der Waals surface area contributed by atoms with Crippen molar-refractivity contribution in [1.29, 1.82) is 0 Å². The van der Waals surface area contributed by atoms with Gasteiger partial charge in [0.25, 0.3) is 11.8 Å². The minimum Gasteiger partial charge on any atom is -0.491 e. The highest BCUT2D eigenvalue weighted by atomic mass is 19.1. The number of benzene rings is 2. The van der Waals surface area contributed by atoms with Crippen LogP contribution in [0.3, 0.4) is 0 Å². The van der Waals surface area contributed by atoms with Gasteiger partial charge >= 0.3 is 0 Å². The number of amides is 2. The molecule has 0 spiro atoms. The van der Waals surface area contributed by atoms with Crippen LogP contribution in [-0.2, 0) is 6.54 Å². The third-order valence-corrected chi connectivity index (χ3v) is 4.68. The molecule has 0 bridgehead atoms. The van der Waals surface area contributed by atoms with Crippen molar-refractivity contribution in [3.8, 4) is 11.4 Å². The van der Waals surface area contributed by atoms with E-state index in [4.69, 9.17) is 4.74 Å². The van der Waals surface area contributed by atoms with Crippen LogP contribution in [0.15, 0.2) is 61.3 Å². The zero-order valence-corrected chi connectivity index (χ0v) is 18.4. The van der Waals surface area contributed by atoms with Gasteiger partial charge in [-0.2, -0.15) is 0 Å². The summed E-state index contributed by atoms with van der Waals surface area (Å²) in [4.78, 5) is 24.7. The van der Waals surface area contributed by atoms with Crippen LogP contribution in [0.5, 0.6) is 5.75 Å². The fourth-order valence-electron chi connectivity index (χ4n) is 3.04. The summed E-state index contributed by atoms with van der Waals surface area (Å²) in [6.07, 6.45) is 4.84. The van der Waals surface area contributed by atoms with E-state index >= 15 is 0 Å². The van der Waals surface area contributed by atoms with Gasteiger partial charge in [-0.1, -0.05) is 23.4 Å². The van der Waals surface area contributed by atoms with Crippen LogP contribution in [0.4, 0.5) is 4.39 Å². The molecule has 0 aliphatic heterocycles. The number of rotatable bonds is 11. The average molecular weight is 452 g/mol. The summed E-state index contributed by atoms with van der Waals surface area (Å²) in [7, 11) is 0. The normalized spacial score (nSPS) is 10.5. The standard InChI is InChI=1S/C24H26FN5O3/c1-3-5-6-12-33-22-14-18(23(31)26-4-2)10-11-21(22)30-16-20(28-29-30)24(32)27-15-17-8-7-9-19(25)13-17/h3,7-11,13-14,16H,1,4-6,12,15H2,2H3,(H,26,31)(H,27,32). The van der Waals surface area contributed by atoms with Gasteiger partial charge in [-0.15, -0.1) is 11.7 Å². The molecule has 2 N–H and O–H groups in total. The van der Waals surface area contributed by atoms with Crippen molar-refractivity contribution in [1.82, 2.24) is 25.6 Å². The molecule has 1 heterocycles. The molecule has 0 saturated heterocycles. The van der Waals surface area contributed by atoms with E-state index in [2.05, 4.69) is 27.5 Å². The Kier molecular flexibility index (Phi) is 8.29. The van der Waals surface area contributed by atoms with Gasteiger partial charge in [0.2, 0.25) is 0 Å². The van der Waals surface area contributed by atoms with E-state index in [1.807, 2.05) is 13.0 Å². The minimum absolute atomic E-state index is 0.0943. The summed E-state index contributed by atoms with van der Waals surface area (Å²) >= 11 is 0. The van der Waals surface area contributed by atoms with Gasteiger partial charge in [0.15, 0.2) is 5.69 Å². The topological polar surface area (TPSA) is 98.1 Å². The van der Waals surface area contributed by atoms with Gasteiger partial charge < -0.3 is 15.4 Å². The SMILES string of the molecule is C=CCCCOc1cc(C(=O)NCC)ccc1-n1cc(C(=O)NCc2cccc(F)c2)nn1. The van der Waals surface area contributed by atoms with Gasteiger partial charge in [0.1, 0.15) is 17.3 Å². The third kappa shape index (κ3) is 6.49. The first-order chi connectivity index (χ1) is 16.0. The third-order valence-electron chi connectivity index (χ3n) is 4.68. The molecule has 0 radical (unpaired) electrons. The number of allylic oxidation sites excluding steroid dienone is 1. The van der Waals surface area contributed by atoms with Crippen molar-refractivity contribution in [3.63, 3.8) is 0 Å². The number of hydrogen-bond acceptors (Lipinski definition) is 5. The van der Waals surface area contributed by atoms with Crippen molar-refractivity contribution in [2.45, 2.75) is 26.3 Å². The van der Waals surface area contributed by atoms with Crippen LogP contribution in [0, 0.1) is 5.82 Å². The van der Waals surface area contributed by atoms with E-state index in [9.17, 15) is 14.0 Å². The van der Waals surface area contributed by atoms with Crippen molar-refractivity contribution in [2.24, 2.45) is 0 Å². The molecular formula is C24H26FN5O3. The number of nitrogens with one attached hydrogen (secondary N) is 2. The molecule has 8 nitrogen and oxygen atoms in total. The lowest BCUT2D eigenvalue weighted by molar-refractivity contribution is 0.0941. The molecular weight excluding hydrogens is 425 g/mol. The highest BCUT2D eigenvalue weighted by molar-refractivity contribution is 5.95. The summed E-state index contributed by atoms with van der Waals surface area (Å²) in [6, 6.07) is 11.0. The number of carbonyl (C=O) groups is 2. The van der Waals surface area contributed by atoms with Gasteiger partial charge in [-0.25, -0.2) is 9.07 Å². The van der Waals surface area contributed by atoms with Gasteiger partial charge in [0.05, 0.1) is 12.8 Å². The number of hydrogen-bond donors (Lipinski definition) is 2. The van der Waals surface area contributed by atoms with Crippen LogP contribution in [0.1, 0.15) is 46.2 Å². The minimum atomic E-state index is -0.446. The molecule has 2 aromatic carbocycles. The molecule has 0 fully saturated rings. The maximum atomic E-state index is 13.3. The summed E-state index contributed by atoms with van der Waals surface area (Å²) < 4.78 is 20.6. The van der Waals surface area contributed by atoms with Crippen LogP contribution >= 0.6 is 0 Å². The molecule has 0 atom stereocenters. The van der Waals surface area contributed by atoms with Crippen LogP contribution in [0.2, 0.25) is 0 Å². The summed E-state index contributed by atoms with van der Waals surface area (Å²) in [5.41, 5.74) is 1.72. The molecule has 3 aromatic rings. The number of ether oxygens (including phenoxy) is 1. The monoisotopic (exact) mass is 451 g/mol. The predicted molar refractivity (Wildman–Crippen MR) is 122 cm³/mol. The number of halogens is 1. The number of aromatic nitrogens is 3. The van der Waals surface area contributed by atoms with E-state index in [1.165, 1.54) is 23.0 Å². The van der Waals surface area contributed by atoms with Crippen LogP contribution in [-0.4, -0.2) is 40.0 Å². The summed E-state index contributed by atoms with van der Waals surface area (Å²) in [6.45, 7) is 6.63.